The molecule has 1 atom stereocenters. The van der Waals surface area contributed by atoms with Crippen molar-refractivity contribution in [3.05, 3.63) is 22.2 Å². The fourth-order valence-corrected chi connectivity index (χ4v) is 2.13. The van der Waals surface area contributed by atoms with Crippen molar-refractivity contribution in [2.24, 2.45) is 11.7 Å². The van der Waals surface area contributed by atoms with E-state index in [2.05, 4.69) is 15.9 Å². The third kappa shape index (κ3) is 2.11. The van der Waals surface area contributed by atoms with Crippen LogP contribution in [0.4, 0.5) is 0 Å². The quantitative estimate of drug-likeness (QED) is 0.889. The Morgan fingerprint density at radius 2 is 2.20 bits per heavy atom. The van der Waals surface area contributed by atoms with E-state index in [0.29, 0.717) is 16.1 Å². The number of phenols is 1. The van der Waals surface area contributed by atoms with Crippen LogP contribution in [0.2, 0.25) is 0 Å². The number of phenolic OH excluding ortho intramolecular Hbond substituents is 1. The van der Waals surface area contributed by atoms with Crippen LogP contribution in [0, 0.1) is 5.92 Å². The summed E-state index contributed by atoms with van der Waals surface area (Å²) in [6.07, 6.45) is 2.30. The number of methoxy groups -OCH3 is 1. The second kappa shape index (κ2) is 4.02. The number of nitrogens with two attached hydrogens (primary N) is 1. The van der Waals surface area contributed by atoms with Crippen LogP contribution in [-0.4, -0.2) is 12.2 Å². The van der Waals surface area contributed by atoms with Crippen LogP contribution >= 0.6 is 15.9 Å². The smallest absolute Gasteiger partial charge is 0.134 e. The summed E-state index contributed by atoms with van der Waals surface area (Å²) < 4.78 is 5.78. The van der Waals surface area contributed by atoms with Crippen LogP contribution in [0.15, 0.2) is 16.6 Å². The Bertz CT molecular complexity index is 377. The first-order chi connectivity index (χ1) is 7.13. The van der Waals surface area contributed by atoms with Gasteiger partial charge in [-0.15, -0.1) is 0 Å². The highest BCUT2D eigenvalue weighted by Crippen LogP contribution is 2.44. The summed E-state index contributed by atoms with van der Waals surface area (Å²) in [4.78, 5) is 0. The lowest BCUT2D eigenvalue weighted by Gasteiger charge is -2.15. The van der Waals surface area contributed by atoms with Gasteiger partial charge in [-0.05, 0) is 46.8 Å². The molecule has 0 aliphatic heterocycles. The van der Waals surface area contributed by atoms with E-state index in [1.54, 1.807) is 13.2 Å². The maximum Gasteiger partial charge on any atom is 0.134 e. The number of rotatable bonds is 3. The van der Waals surface area contributed by atoms with Gasteiger partial charge in [-0.1, -0.05) is 0 Å². The van der Waals surface area contributed by atoms with Crippen molar-refractivity contribution in [1.82, 2.24) is 0 Å². The van der Waals surface area contributed by atoms with Gasteiger partial charge in [0.05, 0.1) is 11.6 Å². The lowest BCUT2D eigenvalue weighted by atomic mass is 10.0. The zero-order valence-electron chi connectivity index (χ0n) is 8.53. The molecule has 1 aliphatic rings. The summed E-state index contributed by atoms with van der Waals surface area (Å²) in [7, 11) is 1.60. The standard InChI is InChI=1S/C11H14BrNO2/c1-15-7-4-8(10(13)6-2-3-6)11(14)9(12)5-7/h4-6,10,14H,2-3,13H2,1H3/t10-/m1/s1. The van der Waals surface area contributed by atoms with Gasteiger partial charge < -0.3 is 15.6 Å². The minimum absolute atomic E-state index is 0.0867. The molecule has 0 spiro atoms. The van der Waals surface area contributed by atoms with E-state index in [9.17, 15) is 5.11 Å². The Labute approximate surface area is 97.4 Å². The summed E-state index contributed by atoms with van der Waals surface area (Å²) in [5, 5.41) is 9.88. The molecule has 1 saturated carbocycles. The molecule has 1 aliphatic carbocycles. The molecule has 4 heteroatoms. The molecule has 1 aromatic rings. The van der Waals surface area contributed by atoms with Gasteiger partial charge in [0.2, 0.25) is 0 Å². The Balaban J connectivity index is 2.39. The second-order valence-corrected chi connectivity index (χ2v) is 4.76. The number of benzene rings is 1. The summed E-state index contributed by atoms with van der Waals surface area (Å²) in [5.41, 5.74) is 6.82. The van der Waals surface area contributed by atoms with Gasteiger partial charge in [-0.3, -0.25) is 0 Å². The average molecular weight is 272 g/mol. The van der Waals surface area contributed by atoms with E-state index >= 15 is 0 Å². The molecule has 1 fully saturated rings. The van der Waals surface area contributed by atoms with Crippen LogP contribution in [0.1, 0.15) is 24.4 Å². The van der Waals surface area contributed by atoms with Crippen molar-refractivity contribution in [2.45, 2.75) is 18.9 Å². The fraction of sp³-hybridized carbons (Fsp3) is 0.455. The highest BCUT2D eigenvalue weighted by molar-refractivity contribution is 9.10. The van der Waals surface area contributed by atoms with E-state index in [4.69, 9.17) is 10.5 Å². The summed E-state index contributed by atoms with van der Waals surface area (Å²) in [6, 6.07) is 3.46. The largest absolute Gasteiger partial charge is 0.506 e. The monoisotopic (exact) mass is 271 g/mol. The summed E-state index contributed by atoms with van der Waals surface area (Å²) >= 11 is 3.29. The van der Waals surface area contributed by atoms with Crippen LogP contribution in [0.3, 0.4) is 0 Å². The lowest BCUT2D eigenvalue weighted by molar-refractivity contribution is 0.407. The SMILES string of the molecule is COc1cc(Br)c(O)c([C@H](N)C2CC2)c1. The van der Waals surface area contributed by atoms with Crippen LogP contribution in [0.5, 0.6) is 11.5 Å². The first-order valence-corrected chi connectivity index (χ1v) is 5.74. The molecule has 0 unspecified atom stereocenters. The van der Waals surface area contributed by atoms with Crippen LogP contribution < -0.4 is 10.5 Å². The highest BCUT2D eigenvalue weighted by atomic mass is 79.9. The minimum atomic E-state index is -0.0867. The van der Waals surface area contributed by atoms with Gasteiger partial charge in [0.15, 0.2) is 0 Å². The molecule has 0 bridgehead atoms. The molecule has 0 amide bonds. The number of aromatic hydroxyl groups is 1. The third-order valence-electron chi connectivity index (χ3n) is 2.79. The highest BCUT2D eigenvalue weighted by Gasteiger charge is 2.31. The van der Waals surface area contributed by atoms with Crippen molar-refractivity contribution in [3.8, 4) is 11.5 Å². The van der Waals surface area contributed by atoms with E-state index < -0.39 is 0 Å². The number of hydrogen-bond donors (Lipinski definition) is 2. The van der Waals surface area contributed by atoms with Gasteiger partial charge in [-0.2, -0.15) is 0 Å². The first kappa shape index (κ1) is 10.8. The molecule has 15 heavy (non-hydrogen) atoms. The predicted molar refractivity (Wildman–Crippen MR) is 62.0 cm³/mol. The lowest BCUT2D eigenvalue weighted by Crippen LogP contribution is -2.12. The Kier molecular flexibility index (Phi) is 2.89. The molecule has 3 N–H and O–H groups in total. The van der Waals surface area contributed by atoms with E-state index in [1.165, 1.54) is 0 Å². The topological polar surface area (TPSA) is 55.5 Å². The maximum atomic E-state index is 9.88. The average Bonchev–Trinajstić information content (AvgIpc) is 3.04. The molecule has 2 rings (SSSR count). The molecule has 0 aromatic heterocycles. The molecule has 0 heterocycles. The van der Waals surface area contributed by atoms with Crippen molar-refractivity contribution < 1.29 is 9.84 Å². The summed E-state index contributed by atoms with van der Waals surface area (Å²) in [5.74, 6) is 1.45. The van der Waals surface area contributed by atoms with E-state index in [-0.39, 0.29) is 11.8 Å². The molecule has 82 valence electrons. The van der Waals surface area contributed by atoms with Gasteiger partial charge >= 0.3 is 0 Å². The summed E-state index contributed by atoms with van der Waals surface area (Å²) in [6.45, 7) is 0. The number of hydrogen-bond acceptors (Lipinski definition) is 3. The fourth-order valence-electron chi connectivity index (χ4n) is 1.68. The van der Waals surface area contributed by atoms with Gasteiger partial charge in [0.1, 0.15) is 11.5 Å². The Morgan fingerprint density at radius 1 is 1.53 bits per heavy atom. The Morgan fingerprint density at radius 3 is 2.73 bits per heavy atom. The molecule has 0 radical (unpaired) electrons. The minimum Gasteiger partial charge on any atom is -0.506 e. The molecule has 3 nitrogen and oxygen atoms in total. The molecular weight excluding hydrogens is 258 g/mol. The first-order valence-electron chi connectivity index (χ1n) is 4.95. The zero-order chi connectivity index (χ0) is 11.0. The Hall–Kier alpha value is -0.740. The second-order valence-electron chi connectivity index (χ2n) is 3.91. The number of ether oxygens (including phenoxy) is 1. The van der Waals surface area contributed by atoms with Crippen LogP contribution in [-0.2, 0) is 0 Å². The van der Waals surface area contributed by atoms with Gasteiger partial charge in [-0.25, -0.2) is 0 Å². The normalized spacial score (nSPS) is 17.5. The van der Waals surface area contributed by atoms with Crippen molar-refractivity contribution in [3.63, 3.8) is 0 Å². The third-order valence-corrected chi connectivity index (χ3v) is 3.40. The van der Waals surface area contributed by atoms with Crippen molar-refractivity contribution in [1.29, 1.82) is 0 Å². The van der Waals surface area contributed by atoms with E-state index in [0.717, 1.165) is 18.4 Å². The van der Waals surface area contributed by atoms with Crippen molar-refractivity contribution >= 4 is 15.9 Å². The molecule has 0 saturated heterocycles. The van der Waals surface area contributed by atoms with Gasteiger partial charge in [0, 0.05) is 11.6 Å². The molecule has 1 aromatic carbocycles. The van der Waals surface area contributed by atoms with Crippen molar-refractivity contribution in [2.75, 3.05) is 7.11 Å². The van der Waals surface area contributed by atoms with E-state index in [1.807, 2.05) is 6.07 Å². The molecular formula is C11H14BrNO2. The van der Waals surface area contributed by atoms with Crippen LogP contribution in [0.25, 0.3) is 0 Å². The number of halogens is 1. The zero-order valence-corrected chi connectivity index (χ0v) is 10.1. The predicted octanol–water partition coefficient (Wildman–Crippen LogP) is 2.57. The maximum absolute atomic E-state index is 9.88. The van der Waals surface area contributed by atoms with Gasteiger partial charge in [0.25, 0.3) is 0 Å².